The first-order chi connectivity index (χ1) is 11.7. The maximum atomic E-state index is 12.4. The average Bonchev–Trinajstić information content (AvgIpc) is 3.21. The van der Waals surface area contributed by atoms with Crippen molar-refractivity contribution in [1.82, 2.24) is 14.8 Å². The predicted octanol–water partition coefficient (Wildman–Crippen LogP) is 3.48. The van der Waals surface area contributed by atoms with Crippen LogP contribution in [0.5, 0.6) is 0 Å². The summed E-state index contributed by atoms with van der Waals surface area (Å²) in [7, 11) is 0. The number of thiazole rings is 1. The summed E-state index contributed by atoms with van der Waals surface area (Å²) in [4.78, 5) is 16.8. The van der Waals surface area contributed by atoms with Gasteiger partial charge in [-0.25, -0.2) is 9.67 Å². The highest BCUT2D eigenvalue weighted by Crippen LogP contribution is 2.23. The molecule has 1 N–H and O–H groups in total. The summed E-state index contributed by atoms with van der Waals surface area (Å²) in [5.74, 6) is 0.286. The number of anilines is 1. The molecule has 7 heteroatoms. The molecule has 2 aromatic heterocycles. The molecule has 0 fully saturated rings. The molecule has 2 heterocycles. The SMILES string of the molecule is Cc1cc(NC(=O)c2csc(-c3ccccc3)n2)n(CCC#N)n1. The van der Waals surface area contributed by atoms with Crippen LogP contribution in [0.15, 0.2) is 41.8 Å². The molecule has 0 bridgehead atoms. The fourth-order valence-electron chi connectivity index (χ4n) is 2.24. The van der Waals surface area contributed by atoms with Crippen LogP contribution in [-0.2, 0) is 6.54 Å². The van der Waals surface area contributed by atoms with Crippen LogP contribution >= 0.6 is 11.3 Å². The standard InChI is InChI=1S/C17H15N5OS/c1-12-10-15(22(21-12)9-5-8-18)20-16(23)14-11-24-17(19-14)13-6-3-2-4-7-13/h2-4,6-7,10-11H,5,9H2,1H3,(H,20,23). The number of hydrogen-bond donors (Lipinski definition) is 1. The zero-order chi connectivity index (χ0) is 16.9. The number of amides is 1. The number of rotatable bonds is 5. The van der Waals surface area contributed by atoms with Gasteiger partial charge < -0.3 is 5.32 Å². The zero-order valence-corrected chi connectivity index (χ0v) is 13.9. The highest BCUT2D eigenvalue weighted by molar-refractivity contribution is 7.13. The van der Waals surface area contributed by atoms with E-state index in [4.69, 9.17) is 5.26 Å². The Morgan fingerprint density at radius 3 is 2.92 bits per heavy atom. The fraction of sp³-hybridized carbons (Fsp3) is 0.176. The summed E-state index contributed by atoms with van der Waals surface area (Å²) in [6.45, 7) is 2.28. The van der Waals surface area contributed by atoms with E-state index in [-0.39, 0.29) is 5.91 Å². The molecule has 0 spiro atoms. The van der Waals surface area contributed by atoms with Gasteiger partial charge in [-0.2, -0.15) is 10.4 Å². The molecule has 0 atom stereocenters. The molecule has 0 aliphatic carbocycles. The molecule has 0 saturated heterocycles. The minimum Gasteiger partial charge on any atom is -0.305 e. The second kappa shape index (κ2) is 7.06. The van der Waals surface area contributed by atoms with Crippen molar-refractivity contribution in [2.75, 3.05) is 5.32 Å². The molecule has 0 unspecified atom stereocenters. The number of aryl methyl sites for hydroxylation is 2. The van der Waals surface area contributed by atoms with Crippen LogP contribution in [-0.4, -0.2) is 20.7 Å². The highest BCUT2D eigenvalue weighted by Gasteiger charge is 2.14. The quantitative estimate of drug-likeness (QED) is 0.772. The Bertz CT molecular complexity index is 891. The lowest BCUT2D eigenvalue weighted by Crippen LogP contribution is -2.16. The second-order valence-corrected chi connectivity index (χ2v) is 6.02. The van der Waals surface area contributed by atoms with Gasteiger partial charge in [0.1, 0.15) is 16.5 Å². The van der Waals surface area contributed by atoms with E-state index >= 15 is 0 Å². The number of carbonyl (C=O) groups is 1. The van der Waals surface area contributed by atoms with Gasteiger partial charge in [0.2, 0.25) is 0 Å². The van der Waals surface area contributed by atoms with Crippen molar-refractivity contribution in [3.8, 4) is 16.6 Å². The largest absolute Gasteiger partial charge is 0.305 e. The summed E-state index contributed by atoms with van der Waals surface area (Å²) in [5, 5.41) is 18.3. The maximum Gasteiger partial charge on any atom is 0.276 e. The second-order valence-electron chi connectivity index (χ2n) is 5.16. The molecule has 0 aliphatic rings. The van der Waals surface area contributed by atoms with E-state index in [2.05, 4.69) is 21.5 Å². The molecular formula is C17H15N5OS. The van der Waals surface area contributed by atoms with E-state index in [9.17, 15) is 4.79 Å². The Hall–Kier alpha value is -2.98. The van der Waals surface area contributed by atoms with Gasteiger partial charge in [0.05, 0.1) is 24.7 Å². The monoisotopic (exact) mass is 337 g/mol. The molecule has 6 nitrogen and oxygen atoms in total. The lowest BCUT2D eigenvalue weighted by Gasteiger charge is -2.05. The Kier molecular flexibility index (Phi) is 4.68. The molecule has 0 radical (unpaired) electrons. The molecule has 0 aliphatic heterocycles. The summed E-state index contributed by atoms with van der Waals surface area (Å²) < 4.78 is 1.63. The van der Waals surface area contributed by atoms with Crippen molar-refractivity contribution in [1.29, 1.82) is 5.26 Å². The number of benzene rings is 1. The van der Waals surface area contributed by atoms with Gasteiger partial charge in [-0.15, -0.1) is 11.3 Å². The molecule has 1 aromatic carbocycles. The first-order valence-electron chi connectivity index (χ1n) is 7.41. The number of aromatic nitrogens is 3. The van der Waals surface area contributed by atoms with Crippen LogP contribution in [0.25, 0.3) is 10.6 Å². The average molecular weight is 337 g/mol. The molecular weight excluding hydrogens is 322 g/mol. The normalized spacial score (nSPS) is 10.3. The van der Waals surface area contributed by atoms with Crippen molar-refractivity contribution in [3.05, 3.63) is 53.2 Å². The highest BCUT2D eigenvalue weighted by atomic mass is 32.1. The number of nitriles is 1. The van der Waals surface area contributed by atoms with Crippen molar-refractivity contribution in [2.45, 2.75) is 19.9 Å². The topological polar surface area (TPSA) is 83.6 Å². The van der Waals surface area contributed by atoms with E-state index in [1.807, 2.05) is 37.3 Å². The third kappa shape index (κ3) is 3.50. The first kappa shape index (κ1) is 15.9. The molecule has 3 rings (SSSR count). The Labute approximate surface area is 143 Å². The summed E-state index contributed by atoms with van der Waals surface area (Å²) in [6, 6.07) is 13.6. The van der Waals surface area contributed by atoms with Crippen LogP contribution in [0.1, 0.15) is 22.6 Å². The lowest BCUT2D eigenvalue weighted by atomic mass is 10.2. The van der Waals surface area contributed by atoms with E-state index in [0.29, 0.717) is 24.5 Å². The van der Waals surface area contributed by atoms with Gasteiger partial charge in [-0.05, 0) is 6.92 Å². The van der Waals surface area contributed by atoms with E-state index in [1.54, 1.807) is 16.1 Å². The van der Waals surface area contributed by atoms with E-state index in [1.165, 1.54) is 11.3 Å². The number of carbonyl (C=O) groups excluding carboxylic acids is 1. The Morgan fingerprint density at radius 2 is 2.17 bits per heavy atom. The molecule has 0 saturated carbocycles. The number of hydrogen-bond acceptors (Lipinski definition) is 5. The van der Waals surface area contributed by atoms with Gasteiger partial charge in [0, 0.05) is 17.0 Å². The number of nitrogens with zero attached hydrogens (tertiary/aromatic N) is 4. The van der Waals surface area contributed by atoms with Gasteiger partial charge in [-0.3, -0.25) is 4.79 Å². The van der Waals surface area contributed by atoms with Crippen molar-refractivity contribution in [3.63, 3.8) is 0 Å². The Balaban J connectivity index is 1.77. The van der Waals surface area contributed by atoms with Crippen LogP contribution in [0.3, 0.4) is 0 Å². The van der Waals surface area contributed by atoms with Crippen LogP contribution in [0.4, 0.5) is 5.82 Å². The summed E-state index contributed by atoms with van der Waals surface area (Å²) in [5.41, 5.74) is 2.13. The minimum absolute atomic E-state index is 0.286. The van der Waals surface area contributed by atoms with Crippen molar-refractivity contribution < 1.29 is 4.79 Å². The molecule has 120 valence electrons. The Morgan fingerprint density at radius 1 is 1.38 bits per heavy atom. The first-order valence-corrected chi connectivity index (χ1v) is 8.29. The van der Waals surface area contributed by atoms with Gasteiger partial charge in [0.25, 0.3) is 5.91 Å². The van der Waals surface area contributed by atoms with E-state index in [0.717, 1.165) is 16.3 Å². The molecule has 24 heavy (non-hydrogen) atoms. The van der Waals surface area contributed by atoms with Gasteiger partial charge in [-0.1, -0.05) is 30.3 Å². The minimum atomic E-state index is -0.286. The summed E-state index contributed by atoms with van der Waals surface area (Å²) >= 11 is 1.43. The zero-order valence-electron chi connectivity index (χ0n) is 13.1. The van der Waals surface area contributed by atoms with Gasteiger partial charge in [0.15, 0.2) is 0 Å². The van der Waals surface area contributed by atoms with Crippen LogP contribution < -0.4 is 5.32 Å². The van der Waals surface area contributed by atoms with Gasteiger partial charge >= 0.3 is 0 Å². The lowest BCUT2D eigenvalue weighted by molar-refractivity contribution is 0.102. The fourth-order valence-corrected chi connectivity index (χ4v) is 3.05. The van der Waals surface area contributed by atoms with E-state index < -0.39 is 0 Å². The number of nitrogens with one attached hydrogen (secondary N) is 1. The summed E-state index contributed by atoms with van der Waals surface area (Å²) in [6.07, 6.45) is 0.332. The smallest absolute Gasteiger partial charge is 0.276 e. The maximum absolute atomic E-state index is 12.4. The third-order valence-corrected chi connectivity index (χ3v) is 4.23. The molecule has 3 aromatic rings. The van der Waals surface area contributed by atoms with Crippen molar-refractivity contribution in [2.24, 2.45) is 0 Å². The van der Waals surface area contributed by atoms with Crippen LogP contribution in [0.2, 0.25) is 0 Å². The third-order valence-electron chi connectivity index (χ3n) is 3.34. The van der Waals surface area contributed by atoms with Crippen molar-refractivity contribution >= 4 is 23.1 Å². The molecule has 1 amide bonds. The van der Waals surface area contributed by atoms with Crippen LogP contribution in [0, 0.1) is 18.3 Å². The predicted molar refractivity (Wildman–Crippen MR) is 92.7 cm³/mol.